The zero-order chi connectivity index (χ0) is 19.6. The van der Waals surface area contributed by atoms with Crippen molar-refractivity contribution in [1.29, 1.82) is 0 Å². The molecule has 0 aliphatic rings. The predicted octanol–water partition coefficient (Wildman–Crippen LogP) is 4.76. The van der Waals surface area contributed by atoms with Crippen molar-refractivity contribution in [2.75, 3.05) is 19.1 Å². The van der Waals surface area contributed by atoms with E-state index < -0.39 is 4.92 Å². The van der Waals surface area contributed by atoms with Gasteiger partial charge in [-0.1, -0.05) is 19.8 Å². The zero-order valence-electron chi connectivity index (χ0n) is 15.3. The van der Waals surface area contributed by atoms with Crippen molar-refractivity contribution in [2.24, 2.45) is 5.10 Å². The summed E-state index contributed by atoms with van der Waals surface area (Å²) in [6, 6.07) is 8.64. The molecule has 0 saturated carbocycles. The molecular weight excluding hydrogens is 353 g/mol. The third-order valence-electron chi connectivity index (χ3n) is 3.72. The number of halogens is 1. The minimum atomic E-state index is -0.511. The van der Waals surface area contributed by atoms with Gasteiger partial charge in [-0.3, -0.25) is 15.5 Å². The van der Waals surface area contributed by atoms with Gasteiger partial charge in [0.05, 0.1) is 30.5 Å². The van der Waals surface area contributed by atoms with Gasteiger partial charge < -0.3 is 9.47 Å². The van der Waals surface area contributed by atoms with Crippen LogP contribution in [0.3, 0.4) is 0 Å². The Labute approximate surface area is 157 Å². The van der Waals surface area contributed by atoms with E-state index in [1.807, 2.05) is 0 Å². The Morgan fingerprint density at radius 2 is 2.00 bits per heavy atom. The minimum Gasteiger partial charge on any atom is -0.493 e. The normalized spacial score (nSPS) is 10.8. The molecule has 0 radical (unpaired) electrons. The summed E-state index contributed by atoms with van der Waals surface area (Å²) in [4.78, 5) is 10.9. The van der Waals surface area contributed by atoms with Crippen molar-refractivity contribution in [3.05, 3.63) is 57.9 Å². The summed E-state index contributed by atoms with van der Waals surface area (Å²) >= 11 is 0. The fraction of sp³-hybridized carbons (Fsp3) is 0.316. The second-order valence-corrected chi connectivity index (χ2v) is 5.76. The lowest BCUT2D eigenvalue weighted by Gasteiger charge is -2.11. The molecule has 0 atom stereocenters. The summed E-state index contributed by atoms with van der Waals surface area (Å²) in [5, 5.41) is 15.4. The fourth-order valence-electron chi connectivity index (χ4n) is 2.35. The van der Waals surface area contributed by atoms with Crippen molar-refractivity contribution < 1.29 is 18.8 Å². The van der Waals surface area contributed by atoms with Gasteiger partial charge in [0.15, 0.2) is 5.75 Å². The van der Waals surface area contributed by atoms with Crippen LogP contribution in [0, 0.1) is 15.9 Å². The van der Waals surface area contributed by atoms with Crippen LogP contribution in [0.25, 0.3) is 0 Å². The third-order valence-corrected chi connectivity index (χ3v) is 3.72. The van der Waals surface area contributed by atoms with Gasteiger partial charge in [-0.15, -0.1) is 0 Å². The molecule has 0 aliphatic heterocycles. The number of benzene rings is 2. The summed E-state index contributed by atoms with van der Waals surface area (Å²) in [7, 11) is 1.43. The molecule has 8 heteroatoms. The standard InChI is InChI=1S/C19H22FN3O4/c1-3-4-5-10-27-19-17(23(24)25)11-14(12-18(19)26-2)13-21-22-16-8-6-15(20)7-9-16/h6-9,11-13,22H,3-5,10H2,1-2H3/b21-13+. The molecule has 0 bridgehead atoms. The Morgan fingerprint density at radius 3 is 2.63 bits per heavy atom. The lowest BCUT2D eigenvalue weighted by Crippen LogP contribution is -2.04. The number of ether oxygens (including phenoxy) is 2. The monoisotopic (exact) mass is 375 g/mol. The molecule has 2 aromatic rings. The molecule has 1 N–H and O–H groups in total. The Kier molecular flexibility index (Phi) is 7.54. The van der Waals surface area contributed by atoms with Crippen LogP contribution in [0.15, 0.2) is 41.5 Å². The third kappa shape index (κ3) is 5.95. The van der Waals surface area contributed by atoms with Crippen LogP contribution in [0.2, 0.25) is 0 Å². The molecule has 0 heterocycles. The molecule has 7 nitrogen and oxygen atoms in total. The van der Waals surface area contributed by atoms with Crippen LogP contribution >= 0.6 is 0 Å². The first kappa shape index (κ1) is 20.2. The topological polar surface area (TPSA) is 86.0 Å². The number of hydrogen-bond donors (Lipinski definition) is 1. The largest absolute Gasteiger partial charge is 0.493 e. The highest BCUT2D eigenvalue weighted by Crippen LogP contribution is 2.38. The van der Waals surface area contributed by atoms with Crippen molar-refractivity contribution in [1.82, 2.24) is 0 Å². The van der Waals surface area contributed by atoms with Crippen molar-refractivity contribution >= 4 is 17.6 Å². The highest BCUT2D eigenvalue weighted by molar-refractivity contribution is 5.83. The summed E-state index contributed by atoms with van der Waals surface area (Å²) in [6.45, 7) is 2.45. The van der Waals surface area contributed by atoms with E-state index in [9.17, 15) is 14.5 Å². The average molecular weight is 375 g/mol. The van der Waals surface area contributed by atoms with Crippen LogP contribution in [0.5, 0.6) is 11.5 Å². The number of hydrogen-bond acceptors (Lipinski definition) is 6. The maximum Gasteiger partial charge on any atom is 0.315 e. The van der Waals surface area contributed by atoms with Gasteiger partial charge in [-0.2, -0.15) is 5.10 Å². The number of nitro groups is 1. The van der Waals surface area contributed by atoms with Gasteiger partial charge in [0.25, 0.3) is 0 Å². The number of nitro benzene ring substituents is 1. The van der Waals surface area contributed by atoms with E-state index in [1.54, 1.807) is 6.07 Å². The molecule has 0 aliphatic carbocycles. The van der Waals surface area contributed by atoms with Gasteiger partial charge in [0, 0.05) is 11.6 Å². The number of rotatable bonds is 10. The van der Waals surface area contributed by atoms with Crippen LogP contribution in [-0.2, 0) is 0 Å². The Morgan fingerprint density at radius 1 is 1.26 bits per heavy atom. The zero-order valence-corrected chi connectivity index (χ0v) is 15.3. The molecule has 2 rings (SSSR count). The average Bonchev–Trinajstić information content (AvgIpc) is 2.66. The molecule has 27 heavy (non-hydrogen) atoms. The van der Waals surface area contributed by atoms with Crippen LogP contribution < -0.4 is 14.9 Å². The molecule has 0 aromatic heterocycles. The number of methoxy groups -OCH3 is 1. The molecular formula is C19H22FN3O4. The molecule has 0 amide bonds. The SMILES string of the molecule is CCCCCOc1c(OC)cc(/C=N/Nc2ccc(F)cc2)cc1[N+](=O)[O-]. The van der Waals surface area contributed by atoms with Gasteiger partial charge in [-0.05, 0) is 36.8 Å². The summed E-state index contributed by atoms with van der Waals surface area (Å²) in [5.74, 6) is 0.0330. The molecule has 144 valence electrons. The number of anilines is 1. The lowest BCUT2D eigenvalue weighted by atomic mass is 10.2. The van der Waals surface area contributed by atoms with E-state index in [0.29, 0.717) is 17.9 Å². The van der Waals surface area contributed by atoms with Gasteiger partial charge >= 0.3 is 5.69 Å². The van der Waals surface area contributed by atoms with E-state index in [0.717, 1.165) is 19.3 Å². The maximum atomic E-state index is 12.9. The van der Waals surface area contributed by atoms with E-state index in [1.165, 1.54) is 43.7 Å². The van der Waals surface area contributed by atoms with Crippen LogP contribution in [0.1, 0.15) is 31.7 Å². The Balaban J connectivity index is 2.18. The first-order valence-corrected chi connectivity index (χ1v) is 8.59. The molecule has 0 saturated heterocycles. The quantitative estimate of drug-likeness (QED) is 0.280. The van der Waals surface area contributed by atoms with E-state index in [-0.39, 0.29) is 23.0 Å². The molecule has 2 aromatic carbocycles. The summed E-state index contributed by atoms with van der Waals surface area (Å²) in [6.07, 6.45) is 4.23. The van der Waals surface area contributed by atoms with Gasteiger partial charge in [0.2, 0.25) is 5.75 Å². The number of hydrazone groups is 1. The Bertz CT molecular complexity index is 794. The maximum absolute atomic E-state index is 12.9. The number of nitrogens with one attached hydrogen (secondary N) is 1. The fourth-order valence-corrected chi connectivity index (χ4v) is 2.35. The van der Waals surface area contributed by atoms with Crippen molar-refractivity contribution in [3.8, 4) is 11.5 Å². The highest BCUT2D eigenvalue weighted by atomic mass is 19.1. The lowest BCUT2D eigenvalue weighted by molar-refractivity contribution is -0.386. The smallest absolute Gasteiger partial charge is 0.315 e. The van der Waals surface area contributed by atoms with Gasteiger partial charge in [0.1, 0.15) is 5.82 Å². The Hall–Kier alpha value is -3.16. The van der Waals surface area contributed by atoms with Crippen LogP contribution in [0.4, 0.5) is 15.8 Å². The second kappa shape index (κ2) is 10.1. The first-order valence-electron chi connectivity index (χ1n) is 8.59. The van der Waals surface area contributed by atoms with Gasteiger partial charge in [-0.25, -0.2) is 4.39 Å². The van der Waals surface area contributed by atoms with E-state index in [2.05, 4.69) is 17.5 Å². The first-order chi connectivity index (χ1) is 13.0. The summed E-state index contributed by atoms with van der Waals surface area (Å²) < 4.78 is 23.7. The van der Waals surface area contributed by atoms with E-state index in [4.69, 9.17) is 9.47 Å². The predicted molar refractivity (Wildman–Crippen MR) is 102 cm³/mol. The second-order valence-electron chi connectivity index (χ2n) is 5.76. The molecule has 0 spiro atoms. The van der Waals surface area contributed by atoms with Crippen LogP contribution in [-0.4, -0.2) is 24.9 Å². The minimum absolute atomic E-state index is 0.113. The number of nitrogens with zero attached hydrogens (tertiary/aromatic N) is 2. The number of unbranched alkanes of at least 4 members (excludes halogenated alkanes) is 2. The van der Waals surface area contributed by atoms with E-state index >= 15 is 0 Å². The highest BCUT2D eigenvalue weighted by Gasteiger charge is 2.22. The van der Waals surface area contributed by atoms with Crippen molar-refractivity contribution in [3.63, 3.8) is 0 Å². The summed E-state index contributed by atoms with van der Waals surface area (Å²) in [5.41, 5.74) is 3.60. The molecule has 0 fully saturated rings. The van der Waals surface area contributed by atoms with Crippen molar-refractivity contribution in [2.45, 2.75) is 26.2 Å². The molecule has 0 unspecified atom stereocenters.